The van der Waals surface area contributed by atoms with Crippen molar-refractivity contribution in [1.29, 1.82) is 0 Å². The summed E-state index contributed by atoms with van der Waals surface area (Å²) in [5, 5.41) is 4.46. The van der Waals surface area contributed by atoms with Crippen LogP contribution in [0.4, 0.5) is 0 Å². The SMILES string of the molecule is CCCNCC1CCC(C)CC1Cc1ccc(Cl)cc1. The molecule has 112 valence electrons. The van der Waals surface area contributed by atoms with E-state index in [0.29, 0.717) is 0 Å². The van der Waals surface area contributed by atoms with Crippen molar-refractivity contribution < 1.29 is 0 Å². The largest absolute Gasteiger partial charge is 0.316 e. The molecule has 1 aliphatic carbocycles. The van der Waals surface area contributed by atoms with Crippen LogP contribution in [0.25, 0.3) is 0 Å². The highest BCUT2D eigenvalue weighted by Crippen LogP contribution is 2.35. The molecule has 0 amide bonds. The van der Waals surface area contributed by atoms with Crippen molar-refractivity contribution in [2.45, 2.75) is 46.0 Å². The predicted octanol–water partition coefficient (Wildman–Crippen LogP) is 4.93. The maximum Gasteiger partial charge on any atom is 0.0406 e. The Morgan fingerprint density at radius 3 is 2.60 bits per heavy atom. The molecule has 3 unspecified atom stereocenters. The summed E-state index contributed by atoms with van der Waals surface area (Å²) in [6, 6.07) is 8.43. The lowest BCUT2D eigenvalue weighted by atomic mass is 9.72. The highest BCUT2D eigenvalue weighted by molar-refractivity contribution is 6.30. The summed E-state index contributed by atoms with van der Waals surface area (Å²) in [6.45, 7) is 6.99. The summed E-state index contributed by atoms with van der Waals surface area (Å²) in [7, 11) is 0. The summed E-state index contributed by atoms with van der Waals surface area (Å²) in [6.07, 6.45) is 6.60. The topological polar surface area (TPSA) is 12.0 Å². The van der Waals surface area contributed by atoms with Gasteiger partial charge in [0.15, 0.2) is 0 Å². The summed E-state index contributed by atoms with van der Waals surface area (Å²) in [5.41, 5.74) is 1.44. The number of hydrogen-bond donors (Lipinski definition) is 1. The van der Waals surface area contributed by atoms with Gasteiger partial charge in [-0.3, -0.25) is 0 Å². The molecule has 1 aromatic carbocycles. The highest BCUT2D eigenvalue weighted by Gasteiger charge is 2.28. The fourth-order valence-electron chi connectivity index (χ4n) is 3.47. The molecule has 0 saturated heterocycles. The van der Waals surface area contributed by atoms with Crippen LogP contribution in [0.5, 0.6) is 0 Å². The molecule has 1 N–H and O–H groups in total. The standard InChI is InChI=1S/C18H28ClN/c1-3-10-20-13-16-7-4-14(2)11-17(16)12-15-5-8-18(19)9-6-15/h5-6,8-9,14,16-17,20H,3-4,7,10-13H2,1-2H3. The highest BCUT2D eigenvalue weighted by atomic mass is 35.5. The van der Waals surface area contributed by atoms with E-state index in [2.05, 4.69) is 31.3 Å². The van der Waals surface area contributed by atoms with Crippen molar-refractivity contribution in [2.24, 2.45) is 17.8 Å². The van der Waals surface area contributed by atoms with E-state index in [1.165, 1.54) is 44.2 Å². The van der Waals surface area contributed by atoms with E-state index in [1.54, 1.807) is 0 Å². The Kier molecular flexibility index (Phi) is 6.38. The van der Waals surface area contributed by atoms with Crippen molar-refractivity contribution >= 4 is 11.6 Å². The van der Waals surface area contributed by atoms with Crippen molar-refractivity contribution in [2.75, 3.05) is 13.1 Å². The fourth-order valence-corrected chi connectivity index (χ4v) is 3.59. The minimum absolute atomic E-state index is 0.823. The first kappa shape index (κ1) is 15.9. The third-order valence-corrected chi connectivity index (χ3v) is 4.90. The lowest BCUT2D eigenvalue weighted by Crippen LogP contribution is -2.34. The average Bonchev–Trinajstić information content (AvgIpc) is 2.44. The van der Waals surface area contributed by atoms with Gasteiger partial charge in [0.2, 0.25) is 0 Å². The molecule has 20 heavy (non-hydrogen) atoms. The zero-order chi connectivity index (χ0) is 14.4. The fraction of sp³-hybridized carbons (Fsp3) is 0.667. The Morgan fingerprint density at radius 1 is 1.15 bits per heavy atom. The summed E-state index contributed by atoms with van der Waals surface area (Å²) < 4.78 is 0. The van der Waals surface area contributed by atoms with E-state index in [4.69, 9.17) is 11.6 Å². The quantitative estimate of drug-likeness (QED) is 0.733. The van der Waals surface area contributed by atoms with Crippen LogP contribution in [0.1, 0.15) is 45.1 Å². The Hall–Kier alpha value is -0.530. The second-order valence-electron chi connectivity index (χ2n) is 6.47. The van der Waals surface area contributed by atoms with Gasteiger partial charge in [-0.2, -0.15) is 0 Å². The molecule has 1 aromatic rings. The first-order chi connectivity index (χ1) is 9.69. The Bertz CT molecular complexity index is 387. The minimum atomic E-state index is 0.823. The Labute approximate surface area is 129 Å². The molecule has 1 aliphatic rings. The van der Waals surface area contributed by atoms with E-state index < -0.39 is 0 Å². The smallest absolute Gasteiger partial charge is 0.0406 e. The summed E-state index contributed by atoms with van der Waals surface area (Å²) in [5.74, 6) is 2.55. The van der Waals surface area contributed by atoms with Crippen LogP contribution in [0.15, 0.2) is 24.3 Å². The van der Waals surface area contributed by atoms with E-state index >= 15 is 0 Å². The molecular weight excluding hydrogens is 266 g/mol. The molecule has 2 heteroatoms. The lowest BCUT2D eigenvalue weighted by molar-refractivity contribution is 0.184. The zero-order valence-corrected chi connectivity index (χ0v) is 13.6. The second-order valence-corrected chi connectivity index (χ2v) is 6.91. The maximum atomic E-state index is 5.98. The van der Waals surface area contributed by atoms with E-state index in [1.807, 2.05) is 12.1 Å². The van der Waals surface area contributed by atoms with Gasteiger partial charge in [0.25, 0.3) is 0 Å². The van der Waals surface area contributed by atoms with Crippen molar-refractivity contribution in [3.63, 3.8) is 0 Å². The molecular formula is C18H28ClN. The number of nitrogens with one attached hydrogen (secondary N) is 1. The zero-order valence-electron chi connectivity index (χ0n) is 12.9. The molecule has 0 heterocycles. The third kappa shape index (κ3) is 4.79. The van der Waals surface area contributed by atoms with Gasteiger partial charge in [-0.1, -0.05) is 44.0 Å². The molecule has 0 aromatic heterocycles. The number of halogens is 1. The van der Waals surface area contributed by atoms with Crippen LogP contribution in [-0.2, 0) is 6.42 Å². The van der Waals surface area contributed by atoms with Crippen LogP contribution in [0.3, 0.4) is 0 Å². The van der Waals surface area contributed by atoms with Crippen LogP contribution >= 0.6 is 11.6 Å². The average molecular weight is 294 g/mol. The van der Waals surface area contributed by atoms with Crippen LogP contribution < -0.4 is 5.32 Å². The van der Waals surface area contributed by atoms with Crippen LogP contribution in [0.2, 0.25) is 5.02 Å². The molecule has 1 saturated carbocycles. The van der Waals surface area contributed by atoms with Gasteiger partial charge in [-0.15, -0.1) is 0 Å². The summed E-state index contributed by atoms with van der Waals surface area (Å²) in [4.78, 5) is 0. The molecule has 1 fully saturated rings. The summed E-state index contributed by atoms with van der Waals surface area (Å²) >= 11 is 5.98. The van der Waals surface area contributed by atoms with Crippen molar-refractivity contribution in [3.05, 3.63) is 34.9 Å². The minimum Gasteiger partial charge on any atom is -0.316 e. The third-order valence-electron chi connectivity index (χ3n) is 4.65. The monoisotopic (exact) mass is 293 g/mol. The molecule has 0 spiro atoms. The van der Waals surface area contributed by atoms with Gasteiger partial charge < -0.3 is 5.32 Å². The maximum absolute atomic E-state index is 5.98. The van der Waals surface area contributed by atoms with Gasteiger partial charge in [0.05, 0.1) is 0 Å². The number of rotatable bonds is 6. The Morgan fingerprint density at radius 2 is 1.90 bits per heavy atom. The van der Waals surface area contributed by atoms with Crippen LogP contribution in [0, 0.1) is 17.8 Å². The number of hydrogen-bond acceptors (Lipinski definition) is 1. The van der Waals surface area contributed by atoms with E-state index in [9.17, 15) is 0 Å². The number of benzene rings is 1. The predicted molar refractivity (Wildman–Crippen MR) is 88.3 cm³/mol. The molecule has 2 rings (SSSR count). The first-order valence-electron chi connectivity index (χ1n) is 8.14. The molecule has 0 radical (unpaired) electrons. The van der Waals surface area contributed by atoms with E-state index in [-0.39, 0.29) is 0 Å². The van der Waals surface area contributed by atoms with Gasteiger partial charge in [-0.05, 0) is 74.2 Å². The van der Waals surface area contributed by atoms with Crippen molar-refractivity contribution in [3.8, 4) is 0 Å². The molecule has 0 aliphatic heterocycles. The lowest BCUT2D eigenvalue weighted by Gasteiger charge is -2.35. The Balaban J connectivity index is 1.94. The van der Waals surface area contributed by atoms with Gasteiger partial charge in [0.1, 0.15) is 0 Å². The van der Waals surface area contributed by atoms with Gasteiger partial charge in [-0.25, -0.2) is 0 Å². The molecule has 1 nitrogen and oxygen atoms in total. The second kappa shape index (κ2) is 8.05. The van der Waals surface area contributed by atoms with Crippen LogP contribution in [-0.4, -0.2) is 13.1 Å². The van der Waals surface area contributed by atoms with Gasteiger partial charge in [0, 0.05) is 5.02 Å². The first-order valence-corrected chi connectivity index (χ1v) is 8.52. The molecule has 3 atom stereocenters. The molecule has 0 bridgehead atoms. The normalized spacial score (nSPS) is 26.6. The van der Waals surface area contributed by atoms with Gasteiger partial charge >= 0.3 is 0 Å². The van der Waals surface area contributed by atoms with E-state index in [0.717, 1.165) is 29.3 Å². The van der Waals surface area contributed by atoms with Crippen molar-refractivity contribution in [1.82, 2.24) is 5.32 Å².